The topological polar surface area (TPSA) is 75.4 Å². The number of nitrogens with zero attached hydrogens (tertiary/aromatic N) is 2. The number of hydrogen-bond donors (Lipinski definition) is 1. The molecule has 154 valence electrons. The van der Waals surface area contributed by atoms with Gasteiger partial charge in [0, 0.05) is 24.2 Å². The summed E-state index contributed by atoms with van der Waals surface area (Å²) in [5.74, 6) is 0.466. The second-order valence-electron chi connectivity index (χ2n) is 7.61. The van der Waals surface area contributed by atoms with Gasteiger partial charge >= 0.3 is 0 Å². The number of carbonyl (C=O) groups is 2. The number of rotatable bonds is 6. The van der Waals surface area contributed by atoms with Gasteiger partial charge in [0.05, 0.1) is 12.1 Å². The molecule has 0 saturated carbocycles. The van der Waals surface area contributed by atoms with Crippen molar-refractivity contribution in [3.8, 4) is 0 Å². The Morgan fingerprint density at radius 2 is 1.97 bits per heavy atom. The van der Waals surface area contributed by atoms with Gasteiger partial charge in [-0.3, -0.25) is 9.59 Å². The molecule has 0 radical (unpaired) electrons. The summed E-state index contributed by atoms with van der Waals surface area (Å²) in [4.78, 5) is 27.2. The van der Waals surface area contributed by atoms with Crippen LogP contribution < -0.4 is 5.32 Å². The number of benzene rings is 1. The van der Waals surface area contributed by atoms with Crippen LogP contribution in [0.5, 0.6) is 0 Å². The Bertz CT molecular complexity index is 883. The molecule has 1 fully saturated rings. The fourth-order valence-electron chi connectivity index (χ4n) is 3.62. The highest BCUT2D eigenvalue weighted by molar-refractivity contribution is 6.30. The lowest BCUT2D eigenvalue weighted by Gasteiger charge is -2.34. The van der Waals surface area contributed by atoms with Crippen LogP contribution in [0.2, 0.25) is 5.02 Å². The molecule has 1 saturated heterocycles. The molecule has 1 aromatic carbocycles. The molecule has 29 heavy (non-hydrogen) atoms. The number of amides is 2. The highest BCUT2D eigenvalue weighted by Gasteiger charge is 2.30. The first-order valence-corrected chi connectivity index (χ1v) is 10.1. The number of nitrogens with one attached hydrogen (secondary N) is 1. The van der Waals surface area contributed by atoms with Crippen molar-refractivity contribution in [2.24, 2.45) is 0 Å². The van der Waals surface area contributed by atoms with Crippen LogP contribution in [0.4, 0.5) is 0 Å². The van der Waals surface area contributed by atoms with E-state index in [0.29, 0.717) is 36.0 Å². The molecule has 2 heterocycles. The van der Waals surface area contributed by atoms with Crippen molar-refractivity contribution in [1.82, 2.24) is 15.4 Å². The minimum atomic E-state index is -0.737. The van der Waals surface area contributed by atoms with Crippen molar-refractivity contribution in [1.29, 1.82) is 0 Å². The van der Waals surface area contributed by atoms with Gasteiger partial charge in [0.1, 0.15) is 11.8 Å². The van der Waals surface area contributed by atoms with Gasteiger partial charge in [-0.25, -0.2) is 0 Å². The van der Waals surface area contributed by atoms with Crippen LogP contribution >= 0.6 is 11.6 Å². The molecule has 2 amide bonds. The van der Waals surface area contributed by atoms with E-state index in [4.69, 9.17) is 16.1 Å². The number of likely N-dealkylation sites (tertiary alicyclic amines) is 1. The van der Waals surface area contributed by atoms with E-state index in [1.54, 1.807) is 19.9 Å². The number of aryl methyl sites for hydroxylation is 1. The Labute approximate surface area is 175 Å². The predicted octanol–water partition coefficient (Wildman–Crippen LogP) is 3.65. The van der Waals surface area contributed by atoms with E-state index in [0.717, 1.165) is 17.9 Å². The molecule has 7 heteroatoms. The molecule has 2 aromatic rings. The third kappa shape index (κ3) is 5.48. The van der Waals surface area contributed by atoms with Crippen LogP contribution in [-0.4, -0.2) is 41.0 Å². The SMILES string of the molecule is C=C(C)[C@@H](NC(=O)Cc1cc(C)no1)C(=O)N1CCC(c2ccc(Cl)cc2)CC1. The van der Waals surface area contributed by atoms with E-state index in [2.05, 4.69) is 17.1 Å². The van der Waals surface area contributed by atoms with Crippen LogP contribution in [0.3, 0.4) is 0 Å². The molecule has 1 atom stereocenters. The van der Waals surface area contributed by atoms with Gasteiger partial charge in [-0.2, -0.15) is 0 Å². The molecule has 0 spiro atoms. The highest BCUT2D eigenvalue weighted by atomic mass is 35.5. The van der Waals surface area contributed by atoms with E-state index in [1.807, 2.05) is 29.2 Å². The summed E-state index contributed by atoms with van der Waals surface area (Å²) in [6.07, 6.45) is 1.79. The number of halogens is 1. The first-order valence-electron chi connectivity index (χ1n) is 9.74. The van der Waals surface area contributed by atoms with Gasteiger partial charge in [-0.05, 0) is 55.9 Å². The Morgan fingerprint density at radius 3 is 2.52 bits per heavy atom. The van der Waals surface area contributed by atoms with Crippen LogP contribution in [0, 0.1) is 6.92 Å². The van der Waals surface area contributed by atoms with Crippen LogP contribution in [0.1, 0.15) is 42.7 Å². The van der Waals surface area contributed by atoms with Crippen molar-refractivity contribution in [3.63, 3.8) is 0 Å². The fraction of sp³-hybridized carbons (Fsp3) is 0.409. The van der Waals surface area contributed by atoms with Crippen LogP contribution in [-0.2, 0) is 16.0 Å². The molecule has 6 nitrogen and oxygen atoms in total. The summed E-state index contributed by atoms with van der Waals surface area (Å²) in [7, 11) is 0. The molecule has 1 N–H and O–H groups in total. The molecule has 1 aromatic heterocycles. The maximum absolute atomic E-state index is 13.0. The standard InChI is InChI=1S/C22H26ClN3O3/c1-14(2)21(24-20(27)13-19-12-15(3)25-29-19)22(28)26-10-8-17(9-11-26)16-4-6-18(23)7-5-16/h4-7,12,17,21H,1,8-11,13H2,2-3H3,(H,24,27)/t21-/m1/s1. The molecular weight excluding hydrogens is 390 g/mol. The smallest absolute Gasteiger partial charge is 0.249 e. The Hall–Kier alpha value is -2.60. The van der Waals surface area contributed by atoms with Gasteiger partial charge in [-0.1, -0.05) is 35.5 Å². The van der Waals surface area contributed by atoms with E-state index in [9.17, 15) is 9.59 Å². The van der Waals surface area contributed by atoms with Gasteiger partial charge < -0.3 is 14.7 Å². The average molecular weight is 416 g/mol. The van der Waals surface area contributed by atoms with Crippen molar-refractivity contribution in [2.75, 3.05) is 13.1 Å². The third-order valence-electron chi connectivity index (χ3n) is 5.20. The van der Waals surface area contributed by atoms with Gasteiger partial charge in [0.15, 0.2) is 0 Å². The van der Waals surface area contributed by atoms with E-state index >= 15 is 0 Å². The number of carbonyl (C=O) groups excluding carboxylic acids is 2. The van der Waals surface area contributed by atoms with Crippen molar-refractivity contribution >= 4 is 23.4 Å². The van der Waals surface area contributed by atoms with E-state index < -0.39 is 6.04 Å². The molecular formula is C22H26ClN3O3. The monoisotopic (exact) mass is 415 g/mol. The van der Waals surface area contributed by atoms with Crippen molar-refractivity contribution in [3.05, 3.63) is 64.5 Å². The predicted molar refractivity (Wildman–Crippen MR) is 112 cm³/mol. The molecule has 1 aliphatic rings. The van der Waals surface area contributed by atoms with Crippen molar-refractivity contribution < 1.29 is 14.1 Å². The fourth-order valence-corrected chi connectivity index (χ4v) is 3.74. The third-order valence-corrected chi connectivity index (χ3v) is 5.46. The quantitative estimate of drug-likeness (QED) is 0.731. The molecule has 3 rings (SSSR count). The maximum Gasteiger partial charge on any atom is 0.249 e. The summed E-state index contributed by atoms with van der Waals surface area (Å²) in [5.41, 5.74) is 2.56. The minimum Gasteiger partial charge on any atom is -0.361 e. The molecule has 0 bridgehead atoms. The minimum absolute atomic E-state index is 0.0382. The molecule has 1 aliphatic heterocycles. The van der Waals surface area contributed by atoms with Crippen LogP contribution in [0.15, 0.2) is 47.0 Å². The largest absolute Gasteiger partial charge is 0.361 e. The summed E-state index contributed by atoms with van der Waals surface area (Å²) >= 11 is 5.97. The lowest BCUT2D eigenvalue weighted by molar-refractivity contribution is -0.136. The zero-order chi connectivity index (χ0) is 21.0. The maximum atomic E-state index is 13.0. The number of piperidine rings is 1. The molecule has 0 unspecified atom stereocenters. The summed E-state index contributed by atoms with van der Waals surface area (Å²) in [5, 5.41) is 7.29. The Morgan fingerprint density at radius 1 is 1.31 bits per heavy atom. The van der Waals surface area contributed by atoms with E-state index in [1.165, 1.54) is 5.56 Å². The van der Waals surface area contributed by atoms with Gasteiger partial charge in [-0.15, -0.1) is 0 Å². The van der Waals surface area contributed by atoms with E-state index in [-0.39, 0.29) is 18.2 Å². The number of hydrogen-bond acceptors (Lipinski definition) is 4. The van der Waals surface area contributed by atoms with Crippen LogP contribution in [0.25, 0.3) is 0 Å². The summed E-state index contributed by atoms with van der Waals surface area (Å²) in [6.45, 7) is 8.73. The van der Waals surface area contributed by atoms with Gasteiger partial charge in [0.25, 0.3) is 0 Å². The Balaban J connectivity index is 1.57. The van der Waals surface area contributed by atoms with Gasteiger partial charge in [0.2, 0.25) is 11.8 Å². The summed E-state index contributed by atoms with van der Waals surface area (Å²) < 4.78 is 5.08. The average Bonchev–Trinajstić information content (AvgIpc) is 3.10. The normalized spacial score (nSPS) is 15.8. The zero-order valence-electron chi connectivity index (χ0n) is 16.8. The highest BCUT2D eigenvalue weighted by Crippen LogP contribution is 2.29. The molecule has 0 aliphatic carbocycles. The lowest BCUT2D eigenvalue weighted by Crippen LogP contribution is -2.51. The lowest BCUT2D eigenvalue weighted by atomic mass is 9.89. The van der Waals surface area contributed by atoms with Crippen molar-refractivity contribution in [2.45, 2.75) is 45.1 Å². The first-order chi connectivity index (χ1) is 13.8. The second-order valence-corrected chi connectivity index (χ2v) is 8.05. The summed E-state index contributed by atoms with van der Waals surface area (Å²) in [6, 6.07) is 8.87. The Kier molecular flexibility index (Phi) is 6.75. The number of aromatic nitrogens is 1. The first kappa shape index (κ1) is 21.1. The zero-order valence-corrected chi connectivity index (χ0v) is 17.5. The second kappa shape index (κ2) is 9.27.